The van der Waals surface area contributed by atoms with Crippen LogP contribution in [-0.4, -0.2) is 13.1 Å². The number of methoxy groups -OCH3 is 1. The molecule has 0 aliphatic heterocycles. The van der Waals surface area contributed by atoms with Crippen molar-refractivity contribution in [3.63, 3.8) is 0 Å². The summed E-state index contributed by atoms with van der Waals surface area (Å²) in [5.74, 6) is 1.01. The van der Waals surface area contributed by atoms with Crippen molar-refractivity contribution in [1.82, 2.24) is 0 Å². The third-order valence-corrected chi connectivity index (χ3v) is 3.07. The molecule has 0 unspecified atom stereocenters. The molecule has 2 aromatic rings. The molecule has 0 heterocycles. The predicted octanol–water partition coefficient (Wildman–Crippen LogP) is 3.98. The monoisotopic (exact) mass is 300 g/mol. The molecule has 0 aromatic heterocycles. The van der Waals surface area contributed by atoms with Crippen LogP contribution < -0.4 is 14.2 Å². The second kappa shape index (κ2) is 8.08. The Morgan fingerprint density at radius 2 is 1.73 bits per heavy atom. The second-order valence-corrected chi connectivity index (χ2v) is 4.79. The summed E-state index contributed by atoms with van der Waals surface area (Å²) in [5, 5.41) is 0. The average Bonchev–Trinajstić information content (AvgIpc) is 2.55. The topological polar surface area (TPSA) is 44.8 Å². The van der Waals surface area contributed by atoms with Crippen LogP contribution in [0.15, 0.2) is 48.5 Å². The predicted molar refractivity (Wildman–Crippen MR) is 84.3 cm³/mol. The lowest BCUT2D eigenvalue weighted by molar-refractivity contribution is -0.134. The number of rotatable bonds is 7. The van der Waals surface area contributed by atoms with Crippen molar-refractivity contribution < 1.29 is 19.0 Å². The van der Waals surface area contributed by atoms with Gasteiger partial charge in [-0.15, -0.1) is 0 Å². The molecule has 0 spiro atoms. The van der Waals surface area contributed by atoms with Crippen LogP contribution in [0, 0.1) is 0 Å². The number of esters is 1. The first kappa shape index (κ1) is 15.9. The number of carbonyl (C=O) groups excluding carboxylic acids is 1. The van der Waals surface area contributed by atoms with E-state index in [4.69, 9.17) is 14.2 Å². The maximum atomic E-state index is 11.8. The number of benzene rings is 2. The van der Waals surface area contributed by atoms with Crippen molar-refractivity contribution in [3.05, 3.63) is 54.1 Å². The Hall–Kier alpha value is -2.49. The molecule has 0 aliphatic rings. The fourth-order valence-electron chi connectivity index (χ4n) is 1.98. The molecule has 0 atom stereocenters. The Labute approximate surface area is 130 Å². The number of carbonyl (C=O) groups is 1. The summed E-state index contributed by atoms with van der Waals surface area (Å²) < 4.78 is 16.5. The molecule has 0 fully saturated rings. The summed E-state index contributed by atoms with van der Waals surface area (Å²) in [6.45, 7) is 2.32. The largest absolute Gasteiger partial charge is 0.493 e. The minimum absolute atomic E-state index is 0.295. The fourth-order valence-corrected chi connectivity index (χ4v) is 1.98. The van der Waals surface area contributed by atoms with Crippen LogP contribution >= 0.6 is 0 Å². The van der Waals surface area contributed by atoms with Gasteiger partial charge in [-0.2, -0.15) is 0 Å². The Morgan fingerprint density at radius 1 is 1.00 bits per heavy atom. The quantitative estimate of drug-likeness (QED) is 0.573. The van der Waals surface area contributed by atoms with E-state index >= 15 is 0 Å². The summed E-state index contributed by atoms with van der Waals surface area (Å²) in [5.41, 5.74) is 1.04. The van der Waals surface area contributed by atoms with Crippen LogP contribution in [0.4, 0.5) is 0 Å². The highest BCUT2D eigenvalue weighted by Gasteiger charge is 2.15. The number of hydrogen-bond donors (Lipinski definition) is 0. The highest BCUT2D eigenvalue weighted by atomic mass is 16.6. The minimum atomic E-state index is -0.295. The van der Waals surface area contributed by atoms with E-state index in [2.05, 4.69) is 0 Å². The molecule has 0 saturated carbocycles. The Kier molecular flexibility index (Phi) is 5.83. The van der Waals surface area contributed by atoms with Crippen LogP contribution in [-0.2, 0) is 11.4 Å². The van der Waals surface area contributed by atoms with Crippen molar-refractivity contribution >= 4 is 5.97 Å². The molecule has 4 nitrogen and oxygen atoms in total. The van der Waals surface area contributed by atoms with Gasteiger partial charge >= 0.3 is 5.97 Å². The maximum Gasteiger partial charge on any atom is 0.311 e. The van der Waals surface area contributed by atoms with E-state index < -0.39 is 0 Å². The third kappa shape index (κ3) is 4.25. The lowest BCUT2D eigenvalue weighted by atomic mass is 10.2. The molecule has 2 rings (SSSR count). The number of ether oxygens (including phenoxy) is 3. The molecule has 2 aromatic carbocycles. The van der Waals surface area contributed by atoms with Gasteiger partial charge in [0.2, 0.25) is 5.75 Å². The van der Waals surface area contributed by atoms with Crippen molar-refractivity contribution in [2.45, 2.75) is 26.4 Å². The molecule has 0 radical (unpaired) electrons. The number of para-hydroxylation sites is 1. The van der Waals surface area contributed by atoms with Gasteiger partial charge in [0, 0.05) is 6.42 Å². The molecule has 0 N–H and O–H groups in total. The summed E-state index contributed by atoms with van der Waals surface area (Å²) in [6, 6.07) is 15.1. The van der Waals surface area contributed by atoms with Crippen molar-refractivity contribution in [3.8, 4) is 17.2 Å². The van der Waals surface area contributed by atoms with Gasteiger partial charge in [-0.3, -0.25) is 4.79 Å². The standard InChI is InChI=1S/C18H20O4/c1-3-8-17(19)22-18-15(20-2)11-7-12-16(18)21-13-14-9-5-4-6-10-14/h4-7,9-12H,3,8,13H2,1-2H3. The molecule has 22 heavy (non-hydrogen) atoms. The van der Waals surface area contributed by atoms with Gasteiger partial charge < -0.3 is 14.2 Å². The number of hydrogen-bond acceptors (Lipinski definition) is 4. The highest BCUT2D eigenvalue weighted by Crippen LogP contribution is 2.37. The molecular weight excluding hydrogens is 280 g/mol. The first-order chi connectivity index (χ1) is 10.7. The second-order valence-electron chi connectivity index (χ2n) is 4.79. The van der Waals surface area contributed by atoms with Crippen LogP contribution in [0.1, 0.15) is 25.3 Å². The van der Waals surface area contributed by atoms with Gasteiger partial charge in [0.25, 0.3) is 0 Å². The Bertz CT molecular complexity index is 608. The molecule has 4 heteroatoms. The fraction of sp³-hybridized carbons (Fsp3) is 0.278. The molecule has 0 bridgehead atoms. The van der Waals surface area contributed by atoms with Gasteiger partial charge in [0.1, 0.15) is 6.61 Å². The highest BCUT2D eigenvalue weighted by molar-refractivity contribution is 5.74. The zero-order valence-electron chi connectivity index (χ0n) is 12.9. The van der Waals surface area contributed by atoms with Crippen molar-refractivity contribution in [2.75, 3.05) is 7.11 Å². The molecule has 116 valence electrons. The van der Waals surface area contributed by atoms with Crippen molar-refractivity contribution in [2.24, 2.45) is 0 Å². The van der Waals surface area contributed by atoms with E-state index in [1.807, 2.05) is 37.3 Å². The van der Waals surface area contributed by atoms with Crippen LogP contribution in [0.2, 0.25) is 0 Å². The van der Waals surface area contributed by atoms with Gasteiger partial charge in [0.15, 0.2) is 11.5 Å². The van der Waals surface area contributed by atoms with Crippen molar-refractivity contribution in [1.29, 1.82) is 0 Å². The minimum Gasteiger partial charge on any atom is -0.493 e. The van der Waals surface area contributed by atoms with E-state index in [-0.39, 0.29) is 5.97 Å². The smallest absolute Gasteiger partial charge is 0.311 e. The summed E-state index contributed by atoms with van der Waals surface area (Å²) in [4.78, 5) is 11.8. The van der Waals surface area contributed by atoms with E-state index in [9.17, 15) is 4.79 Å². The Balaban J connectivity index is 2.17. The zero-order valence-corrected chi connectivity index (χ0v) is 12.9. The zero-order chi connectivity index (χ0) is 15.8. The van der Waals surface area contributed by atoms with Gasteiger partial charge in [-0.1, -0.05) is 43.3 Å². The van der Waals surface area contributed by atoms with Gasteiger partial charge in [-0.25, -0.2) is 0 Å². The van der Waals surface area contributed by atoms with Gasteiger partial charge in [0.05, 0.1) is 7.11 Å². The van der Waals surface area contributed by atoms with Crippen LogP contribution in [0.5, 0.6) is 17.2 Å². The summed E-state index contributed by atoms with van der Waals surface area (Å²) in [6.07, 6.45) is 1.09. The molecule has 0 aliphatic carbocycles. The molecule has 0 amide bonds. The lowest BCUT2D eigenvalue weighted by Crippen LogP contribution is -2.09. The van der Waals surface area contributed by atoms with E-state index in [1.165, 1.54) is 7.11 Å². The normalized spacial score (nSPS) is 10.1. The first-order valence-corrected chi connectivity index (χ1v) is 7.29. The SMILES string of the molecule is CCCC(=O)Oc1c(OC)cccc1OCc1ccccc1. The summed E-state index contributed by atoms with van der Waals surface area (Å²) in [7, 11) is 1.54. The summed E-state index contributed by atoms with van der Waals surface area (Å²) >= 11 is 0. The lowest BCUT2D eigenvalue weighted by Gasteiger charge is -2.14. The average molecular weight is 300 g/mol. The van der Waals surface area contributed by atoms with Crippen LogP contribution in [0.3, 0.4) is 0 Å². The van der Waals surface area contributed by atoms with E-state index in [0.717, 1.165) is 12.0 Å². The van der Waals surface area contributed by atoms with E-state index in [1.54, 1.807) is 18.2 Å². The first-order valence-electron chi connectivity index (χ1n) is 7.29. The molecule has 0 saturated heterocycles. The van der Waals surface area contributed by atoms with Crippen LogP contribution in [0.25, 0.3) is 0 Å². The maximum absolute atomic E-state index is 11.8. The van der Waals surface area contributed by atoms with E-state index in [0.29, 0.717) is 30.3 Å². The molecular formula is C18H20O4. The van der Waals surface area contributed by atoms with Gasteiger partial charge in [-0.05, 0) is 24.1 Å². The third-order valence-electron chi connectivity index (χ3n) is 3.07. The Morgan fingerprint density at radius 3 is 2.41 bits per heavy atom.